The predicted molar refractivity (Wildman–Crippen MR) is 166 cm³/mol. The molecule has 2 heterocycles. The lowest BCUT2D eigenvalue weighted by Gasteiger charge is -2.33. The Kier molecular flexibility index (Phi) is 9.46. The molecule has 0 radical (unpaired) electrons. The SMILES string of the molecule is COc1cc(Nc2nccc(N3CCCC(C(=O)NCc4cccc(Oc5ccc(C)cc5)c4)C3)n2)cc(OC)c1OC. The van der Waals surface area contributed by atoms with Crippen LogP contribution < -0.4 is 34.5 Å². The number of amides is 1. The minimum Gasteiger partial charge on any atom is -0.493 e. The molecule has 1 atom stereocenters. The Morgan fingerprint density at radius 2 is 1.72 bits per heavy atom. The van der Waals surface area contributed by atoms with Crippen LogP contribution in [0.25, 0.3) is 0 Å². The third-order valence-electron chi connectivity index (χ3n) is 7.30. The van der Waals surface area contributed by atoms with Crippen molar-refractivity contribution in [2.45, 2.75) is 26.3 Å². The second kappa shape index (κ2) is 13.8. The third-order valence-corrected chi connectivity index (χ3v) is 7.30. The monoisotopic (exact) mass is 583 g/mol. The number of carbonyl (C=O) groups excluding carboxylic acids is 1. The number of rotatable bonds is 11. The minimum atomic E-state index is -0.151. The molecule has 0 saturated carbocycles. The molecule has 1 amide bonds. The van der Waals surface area contributed by atoms with Gasteiger partial charge in [0.15, 0.2) is 11.5 Å². The van der Waals surface area contributed by atoms with E-state index in [2.05, 4.69) is 20.5 Å². The van der Waals surface area contributed by atoms with Crippen LogP contribution >= 0.6 is 0 Å². The summed E-state index contributed by atoms with van der Waals surface area (Å²) in [6.45, 7) is 3.85. The van der Waals surface area contributed by atoms with Gasteiger partial charge in [0.25, 0.3) is 0 Å². The predicted octanol–water partition coefficient (Wildman–Crippen LogP) is 5.88. The largest absolute Gasteiger partial charge is 0.493 e. The normalized spacial score (nSPS) is 14.5. The van der Waals surface area contributed by atoms with Crippen LogP contribution in [0.15, 0.2) is 72.9 Å². The molecule has 5 rings (SSSR count). The number of hydrogen-bond acceptors (Lipinski definition) is 9. The quantitative estimate of drug-likeness (QED) is 0.224. The van der Waals surface area contributed by atoms with Crippen LogP contribution in [0.1, 0.15) is 24.0 Å². The van der Waals surface area contributed by atoms with Crippen LogP contribution in [0.5, 0.6) is 28.7 Å². The zero-order valence-electron chi connectivity index (χ0n) is 24.9. The summed E-state index contributed by atoms with van der Waals surface area (Å²) in [4.78, 5) is 24.4. The summed E-state index contributed by atoms with van der Waals surface area (Å²) in [6.07, 6.45) is 3.41. The summed E-state index contributed by atoms with van der Waals surface area (Å²) in [6, 6.07) is 21.2. The molecule has 1 unspecified atom stereocenters. The average molecular weight is 584 g/mol. The summed E-state index contributed by atoms with van der Waals surface area (Å²) < 4.78 is 22.3. The minimum absolute atomic E-state index is 0.0272. The van der Waals surface area contributed by atoms with Gasteiger partial charge >= 0.3 is 0 Å². The van der Waals surface area contributed by atoms with E-state index in [-0.39, 0.29) is 11.8 Å². The lowest BCUT2D eigenvalue weighted by molar-refractivity contribution is -0.125. The first-order chi connectivity index (χ1) is 20.9. The van der Waals surface area contributed by atoms with Gasteiger partial charge in [-0.25, -0.2) is 4.98 Å². The summed E-state index contributed by atoms with van der Waals surface area (Å²) in [5, 5.41) is 6.34. The number of methoxy groups -OCH3 is 3. The molecule has 2 N–H and O–H groups in total. The number of anilines is 3. The summed E-state index contributed by atoms with van der Waals surface area (Å²) >= 11 is 0. The molecule has 43 heavy (non-hydrogen) atoms. The van der Waals surface area contributed by atoms with Gasteiger partial charge in [0.2, 0.25) is 17.6 Å². The second-order valence-electron chi connectivity index (χ2n) is 10.3. The molecule has 1 saturated heterocycles. The van der Waals surface area contributed by atoms with Gasteiger partial charge in [0.1, 0.15) is 17.3 Å². The second-order valence-corrected chi connectivity index (χ2v) is 10.3. The van der Waals surface area contributed by atoms with Crippen molar-refractivity contribution in [2.24, 2.45) is 5.92 Å². The van der Waals surface area contributed by atoms with Crippen molar-refractivity contribution in [1.82, 2.24) is 15.3 Å². The van der Waals surface area contributed by atoms with Crippen LogP contribution in [0.4, 0.5) is 17.5 Å². The van der Waals surface area contributed by atoms with Gasteiger partial charge in [-0.3, -0.25) is 4.79 Å². The third kappa shape index (κ3) is 7.45. The number of ether oxygens (including phenoxy) is 4. The maximum atomic E-state index is 13.2. The van der Waals surface area contributed by atoms with Gasteiger partial charge in [-0.2, -0.15) is 4.98 Å². The molecule has 1 fully saturated rings. The lowest BCUT2D eigenvalue weighted by Crippen LogP contribution is -2.43. The van der Waals surface area contributed by atoms with Crippen molar-refractivity contribution in [3.8, 4) is 28.7 Å². The number of hydrogen-bond donors (Lipinski definition) is 2. The van der Waals surface area contributed by atoms with Crippen LogP contribution in [0.2, 0.25) is 0 Å². The van der Waals surface area contributed by atoms with Crippen molar-refractivity contribution >= 4 is 23.4 Å². The topological polar surface area (TPSA) is 107 Å². The molecular weight excluding hydrogens is 546 g/mol. The zero-order chi connectivity index (χ0) is 30.2. The molecular formula is C33H37N5O5. The number of benzene rings is 3. The van der Waals surface area contributed by atoms with E-state index in [1.807, 2.05) is 61.5 Å². The number of aromatic nitrogens is 2. The fourth-order valence-electron chi connectivity index (χ4n) is 5.06. The van der Waals surface area contributed by atoms with E-state index in [4.69, 9.17) is 23.9 Å². The first-order valence-electron chi connectivity index (χ1n) is 14.2. The Morgan fingerprint density at radius 1 is 0.953 bits per heavy atom. The van der Waals surface area contributed by atoms with E-state index >= 15 is 0 Å². The van der Waals surface area contributed by atoms with E-state index in [1.54, 1.807) is 39.7 Å². The van der Waals surface area contributed by atoms with E-state index in [1.165, 1.54) is 5.56 Å². The Balaban J connectivity index is 1.19. The molecule has 0 bridgehead atoms. The molecule has 4 aromatic rings. The Morgan fingerprint density at radius 3 is 2.44 bits per heavy atom. The van der Waals surface area contributed by atoms with Crippen molar-refractivity contribution < 1.29 is 23.7 Å². The first kappa shape index (κ1) is 29.5. The summed E-state index contributed by atoms with van der Waals surface area (Å²) in [5.74, 6) is 4.12. The summed E-state index contributed by atoms with van der Waals surface area (Å²) in [7, 11) is 4.70. The maximum absolute atomic E-state index is 13.2. The number of carbonyl (C=O) groups is 1. The highest BCUT2D eigenvalue weighted by molar-refractivity contribution is 5.79. The molecule has 1 aromatic heterocycles. The summed E-state index contributed by atoms with van der Waals surface area (Å²) in [5.41, 5.74) is 2.84. The fraction of sp³-hybridized carbons (Fsp3) is 0.303. The highest BCUT2D eigenvalue weighted by Crippen LogP contribution is 2.40. The van der Waals surface area contributed by atoms with Crippen LogP contribution in [-0.4, -0.2) is 50.3 Å². The molecule has 3 aromatic carbocycles. The van der Waals surface area contributed by atoms with Crippen LogP contribution in [-0.2, 0) is 11.3 Å². The highest BCUT2D eigenvalue weighted by atomic mass is 16.5. The van der Waals surface area contributed by atoms with Crippen molar-refractivity contribution in [3.63, 3.8) is 0 Å². The Labute approximate surface area is 252 Å². The molecule has 0 spiro atoms. The van der Waals surface area contributed by atoms with E-state index in [9.17, 15) is 4.79 Å². The molecule has 0 aliphatic carbocycles. The van der Waals surface area contributed by atoms with E-state index in [0.29, 0.717) is 42.0 Å². The number of aryl methyl sites for hydroxylation is 1. The van der Waals surface area contributed by atoms with Gasteiger partial charge in [-0.1, -0.05) is 29.8 Å². The van der Waals surface area contributed by atoms with Gasteiger partial charge in [0, 0.05) is 43.7 Å². The number of nitrogens with one attached hydrogen (secondary N) is 2. The van der Waals surface area contributed by atoms with Crippen molar-refractivity contribution in [1.29, 1.82) is 0 Å². The maximum Gasteiger partial charge on any atom is 0.229 e. The van der Waals surface area contributed by atoms with Crippen molar-refractivity contribution in [2.75, 3.05) is 44.6 Å². The van der Waals surface area contributed by atoms with Crippen molar-refractivity contribution in [3.05, 3.63) is 84.1 Å². The van der Waals surface area contributed by atoms with Crippen LogP contribution in [0.3, 0.4) is 0 Å². The van der Waals surface area contributed by atoms with Gasteiger partial charge in [0.05, 0.1) is 27.2 Å². The number of nitrogens with zero attached hydrogens (tertiary/aromatic N) is 3. The number of piperidine rings is 1. The van der Waals surface area contributed by atoms with Crippen LogP contribution in [0, 0.1) is 12.8 Å². The van der Waals surface area contributed by atoms with E-state index in [0.717, 1.165) is 42.3 Å². The van der Waals surface area contributed by atoms with E-state index < -0.39 is 0 Å². The van der Waals surface area contributed by atoms with Gasteiger partial charge in [-0.05, 0) is 55.7 Å². The molecule has 1 aliphatic rings. The fourth-order valence-corrected chi connectivity index (χ4v) is 5.06. The van der Waals surface area contributed by atoms with Gasteiger partial charge < -0.3 is 34.5 Å². The smallest absolute Gasteiger partial charge is 0.229 e. The first-order valence-corrected chi connectivity index (χ1v) is 14.2. The molecule has 10 nitrogen and oxygen atoms in total. The lowest BCUT2D eigenvalue weighted by atomic mass is 9.97. The zero-order valence-corrected chi connectivity index (χ0v) is 24.9. The Bertz CT molecular complexity index is 1520. The van der Waals surface area contributed by atoms with Gasteiger partial charge in [-0.15, -0.1) is 0 Å². The Hall–Kier alpha value is -4.99. The molecule has 1 aliphatic heterocycles. The highest BCUT2D eigenvalue weighted by Gasteiger charge is 2.27. The average Bonchev–Trinajstić information content (AvgIpc) is 3.04. The molecule has 10 heteroatoms. The standard InChI is InChI=1S/C33H37N5O5/c1-22-10-12-26(13-11-22)43-27-9-5-7-23(17-27)20-35-32(39)24-8-6-16-38(21-24)30-14-15-34-33(37-30)36-25-18-28(40-2)31(42-4)29(19-25)41-3/h5,7,9-15,17-19,24H,6,8,16,20-21H2,1-4H3,(H,35,39)(H,34,36,37). The molecule has 224 valence electrons.